The van der Waals surface area contributed by atoms with Gasteiger partial charge in [0.1, 0.15) is 12.1 Å². The number of ether oxygens (including phenoxy) is 5. The molecular formula is C31H49NO10. The van der Waals surface area contributed by atoms with Crippen LogP contribution in [-0.2, 0) is 23.8 Å². The Balaban J connectivity index is 3.35. The number of nitrogens with two attached hydrogens (primary N) is 1. The number of carboxylic acid groups (broad SMARTS) is 1. The van der Waals surface area contributed by atoms with Crippen molar-refractivity contribution in [2.75, 3.05) is 13.2 Å². The van der Waals surface area contributed by atoms with Crippen LogP contribution in [0.1, 0.15) is 92.6 Å². The molecule has 0 saturated carbocycles. The molecular weight excluding hydrogens is 546 g/mol. The Labute approximate surface area is 249 Å². The van der Waals surface area contributed by atoms with Crippen LogP contribution in [0.25, 0.3) is 0 Å². The van der Waals surface area contributed by atoms with Crippen molar-refractivity contribution in [2.45, 2.75) is 99.1 Å². The molecule has 1 rings (SSSR count). The lowest BCUT2D eigenvalue weighted by Crippen LogP contribution is -2.42. The minimum Gasteiger partial charge on any atom is -0.480 e. The topological polar surface area (TPSA) is 161 Å². The van der Waals surface area contributed by atoms with E-state index < -0.39 is 42.3 Å². The molecule has 238 valence electrons. The number of benzene rings is 1. The lowest BCUT2D eigenvalue weighted by Gasteiger charge is -2.32. The highest BCUT2D eigenvalue weighted by atomic mass is 16.7. The monoisotopic (exact) mass is 595 g/mol. The summed E-state index contributed by atoms with van der Waals surface area (Å²) < 4.78 is 26.6. The van der Waals surface area contributed by atoms with E-state index in [1.54, 1.807) is 13.8 Å². The van der Waals surface area contributed by atoms with E-state index in [0.29, 0.717) is 30.2 Å². The highest BCUT2D eigenvalue weighted by Gasteiger charge is 2.36. The maximum atomic E-state index is 12.5. The van der Waals surface area contributed by atoms with Crippen LogP contribution >= 0.6 is 0 Å². The fourth-order valence-corrected chi connectivity index (χ4v) is 3.97. The van der Waals surface area contributed by atoms with Crippen LogP contribution in [0, 0.1) is 23.7 Å². The molecule has 0 amide bonds. The van der Waals surface area contributed by atoms with Crippen molar-refractivity contribution in [3.05, 3.63) is 23.8 Å². The van der Waals surface area contributed by atoms with Crippen molar-refractivity contribution < 1.29 is 48.0 Å². The molecule has 4 unspecified atom stereocenters. The van der Waals surface area contributed by atoms with Gasteiger partial charge in [-0.1, -0.05) is 61.0 Å². The zero-order valence-corrected chi connectivity index (χ0v) is 26.2. The smallest absolute Gasteiger partial charge is 0.480 e. The number of aliphatic carboxylic acids is 1. The summed E-state index contributed by atoms with van der Waals surface area (Å²) in [6.45, 7) is 15.5. The van der Waals surface area contributed by atoms with E-state index in [1.807, 2.05) is 41.5 Å². The van der Waals surface area contributed by atoms with Crippen molar-refractivity contribution in [3.8, 4) is 11.5 Å². The number of rotatable bonds is 17. The van der Waals surface area contributed by atoms with Gasteiger partial charge in [0, 0.05) is 18.3 Å². The molecule has 0 aliphatic rings. The summed E-state index contributed by atoms with van der Waals surface area (Å²) in [4.78, 5) is 49.3. The Bertz CT molecular complexity index is 1020. The molecule has 1 aromatic rings. The summed E-state index contributed by atoms with van der Waals surface area (Å²) in [6, 6.07) is 2.86. The van der Waals surface area contributed by atoms with Crippen molar-refractivity contribution >= 4 is 24.2 Å². The third kappa shape index (κ3) is 13.1. The Hall–Kier alpha value is -3.34. The van der Waals surface area contributed by atoms with E-state index in [2.05, 4.69) is 0 Å². The minimum absolute atomic E-state index is 0.118. The van der Waals surface area contributed by atoms with Crippen LogP contribution in [0.2, 0.25) is 0 Å². The summed E-state index contributed by atoms with van der Waals surface area (Å²) in [5.74, 6) is -2.66. The van der Waals surface area contributed by atoms with Crippen LogP contribution in [0.4, 0.5) is 9.59 Å². The van der Waals surface area contributed by atoms with Gasteiger partial charge in [0.25, 0.3) is 0 Å². The van der Waals surface area contributed by atoms with Gasteiger partial charge >= 0.3 is 24.2 Å². The Morgan fingerprint density at radius 3 is 1.83 bits per heavy atom. The number of esters is 1. The lowest BCUT2D eigenvalue weighted by atomic mass is 9.79. The van der Waals surface area contributed by atoms with Crippen molar-refractivity contribution in [1.29, 1.82) is 0 Å². The Morgan fingerprint density at radius 1 is 0.833 bits per heavy atom. The van der Waals surface area contributed by atoms with Gasteiger partial charge < -0.3 is 34.5 Å². The first-order chi connectivity index (χ1) is 19.7. The summed E-state index contributed by atoms with van der Waals surface area (Å²) in [5.41, 5.74) is 6.50. The van der Waals surface area contributed by atoms with Gasteiger partial charge in [-0.05, 0) is 55.2 Å². The van der Waals surface area contributed by atoms with E-state index in [1.165, 1.54) is 18.2 Å². The standard InChI is InChI=1S/C31H49NO10/c1-9-20(6)16-26(33)40-22(8)21(7)27(28(32)29(34)35)23-10-11-24(41-30(36)38-14-12-18(2)3)25(17-23)42-31(37)39-15-13-19(4)5/h10-11,17-22,27-28H,9,12-16,32H2,1-8H3,(H,34,35)/t20?,21?,22?,27?,28-/m0/s1. The van der Waals surface area contributed by atoms with E-state index in [0.717, 1.165) is 6.42 Å². The quantitative estimate of drug-likeness (QED) is 0.118. The predicted molar refractivity (Wildman–Crippen MR) is 156 cm³/mol. The molecule has 0 aromatic heterocycles. The lowest BCUT2D eigenvalue weighted by molar-refractivity contribution is -0.152. The summed E-state index contributed by atoms with van der Waals surface area (Å²) in [5, 5.41) is 9.80. The number of carboxylic acids is 1. The average molecular weight is 596 g/mol. The molecule has 0 radical (unpaired) electrons. The Kier molecular flexibility index (Phi) is 15.9. The van der Waals surface area contributed by atoms with Crippen LogP contribution in [0.3, 0.4) is 0 Å². The van der Waals surface area contributed by atoms with Gasteiger partial charge in [-0.15, -0.1) is 0 Å². The molecule has 1 aromatic carbocycles. The second-order valence-corrected chi connectivity index (χ2v) is 11.6. The first-order valence-electron chi connectivity index (χ1n) is 14.7. The second kappa shape index (κ2) is 18.3. The predicted octanol–water partition coefficient (Wildman–Crippen LogP) is 6.31. The number of hydrogen-bond acceptors (Lipinski definition) is 10. The van der Waals surface area contributed by atoms with Crippen LogP contribution < -0.4 is 15.2 Å². The first-order valence-corrected chi connectivity index (χ1v) is 14.7. The van der Waals surface area contributed by atoms with Gasteiger partial charge in [-0.2, -0.15) is 0 Å². The minimum atomic E-state index is -1.39. The third-order valence-corrected chi connectivity index (χ3v) is 7.08. The van der Waals surface area contributed by atoms with Gasteiger partial charge in [0.2, 0.25) is 0 Å². The van der Waals surface area contributed by atoms with Crippen LogP contribution in [-0.4, -0.2) is 54.7 Å². The van der Waals surface area contributed by atoms with E-state index in [4.69, 9.17) is 29.4 Å². The van der Waals surface area contributed by atoms with Gasteiger partial charge in [-0.3, -0.25) is 9.59 Å². The summed E-state index contributed by atoms with van der Waals surface area (Å²) in [7, 11) is 0. The Morgan fingerprint density at radius 2 is 1.36 bits per heavy atom. The number of carbonyl (C=O) groups excluding carboxylic acids is 3. The molecule has 0 aliphatic carbocycles. The van der Waals surface area contributed by atoms with Gasteiger partial charge in [-0.25, -0.2) is 9.59 Å². The number of hydrogen-bond donors (Lipinski definition) is 2. The number of carbonyl (C=O) groups is 4. The maximum absolute atomic E-state index is 12.5. The second-order valence-electron chi connectivity index (χ2n) is 11.6. The molecule has 0 spiro atoms. The molecule has 0 heterocycles. The fraction of sp³-hybridized carbons (Fsp3) is 0.677. The van der Waals surface area contributed by atoms with Crippen molar-refractivity contribution in [1.82, 2.24) is 0 Å². The van der Waals surface area contributed by atoms with Gasteiger partial charge in [0.15, 0.2) is 11.5 Å². The van der Waals surface area contributed by atoms with Crippen molar-refractivity contribution in [2.24, 2.45) is 29.4 Å². The third-order valence-electron chi connectivity index (χ3n) is 7.08. The largest absolute Gasteiger partial charge is 0.513 e. The van der Waals surface area contributed by atoms with Crippen LogP contribution in [0.15, 0.2) is 18.2 Å². The van der Waals surface area contributed by atoms with Gasteiger partial charge in [0.05, 0.1) is 13.2 Å². The first kappa shape index (κ1) is 36.7. The molecule has 0 aliphatic heterocycles. The molecule has 0 fully saturated rings. The molecule has 0 bridgehead atoms. The van der Waals surface area contributed by atoms with E-state index in [9.17, 15) is 24.3 Å². The fourth-order valence-electron chi connectivity index (χ4n) is 3.97. The molecule has 42 heavy (non-hydrogen) atoms. The highest BCUT2D eigenvalue weighted by molar-refractivity contribution is 5.75. The normalized spacial score (nSPS) is 14.8. The zero-order valence-electron chi connectivity index (χ0n) is 26.2. The van der Waals surface area contributed by atoms with E-state index >= 15 is 0 Å². The maximum Gasteiger partial charge on any atom is 0.513 e. The van der Waals surface area contributed by atoms with E-state index in [-0.39, 0.29) is 43.0 Å². The molecule has 11 heteroatoms. The molecule has 11 nitrogen and oxygen atoms in total. The summed E-state index contributed by atoms with van der Waals surface area (Å²) >= 11 is 0. The average Bonchev–Trinajstić information content (AvgIpc) is 2.89. The SMILES string of the molecule is CCC(C)CC(=O)OC(C)C(C)C(c1ccc(OC(=O)OCCC(C)C)c(OC(=O)OCCC(C)C)c1)[C@H](N)C(=O)O. The molecule has 5 atom stereocenters. The molecule has 3 N–H and O–H groups in total. The summed E-state index contributed by atoms with van der Waals surface area (Å²) in [6.07, 6.45) is -0.406. The zero-order chi connectivity index (χ0) is 32.0. The molecule has 0 saturated heterocycles. The highest BCUT2D eigenvalue weighted by Crippen LogP contribution is 2.37. The van der Waals surface area contributed by atoms with Crippen LogP contribution in [0.5, 0.6) is 11.5 Å². The van der Waals surface area contributed by atoms with Crippen molar-refractivity contribution in [3.63, 3.8) is 0 Å².